The van der Waals surface area contributed by atoms with E-state index in [1.54, 1.807) is 0 Å². The summed E-state index contributed by atoms with van der Waals surface area (Å²) < 4.78 is 0. The topological polar surface area (TPSA) is 48.7 Å². The zero-order chi connectivity index (χ0) is 11.8. The summed E-state index contributed by atoms with van der Waals surface area (Å²) in [6.07, 6.45) is 5.62. The first-order chi connectivity index (χ1) is 8.26. The summed E-state index contributed by atoms with van der Waals surface area (Å²) in [7, 11) is 0. The van der Waals surface area contributed by atoms with Crippen LogP contribution in [-0.4, -0.2) is 11.5 Å². The molecule has 2 fully saturated rings. The Morgan fingerprint density at radius 3 is 2.94 bits per heavy atom. The number of nitrogens with one attached hydrogen (secondary N) is 1. The van der Waals surface area contributed by atoms with Crippen LogP contribution in [0, 0.1) is 29.1 Å². The fourth-order valence-electron chi connectivity index (χ4n) is 3.29. The highest BCUT2D eigenvalue weighted by atomic mass is 35.5. The van der Waals surface area contributed by atoms with E-state index in [1.807, 2.05) is 0 Å². The SMILES string of the molecule is N#Cc1sc(NCC2CC3CCC2C3)nc1Cl. The number of nitriles is 1. The van der Waals surface area contributed by atoms with E-state index in [0.29, 0.717) is 10.0 Å². The smallest absolute Gasteiger partial charge is 0.185 e. The first-order valence-electron chi connectivity index (χ1n) is 6.06. The summed E-state index contributed by atoms with van der Waals surface area (Å²) in [6, 6.07) is 2.05. The number of halogens is 1. The minimum absolute atomic E-state index is 0.327. The average Bonchev–Trinajstić information content (AvgIpc) is 3.00. The van der Waals surface area contributed by atoms with Gasteiger partial charge in [-0.3, -0.25) is 0 Å². The van der Waals surface area contributed by atoms with Crippen LogP contribution in [0.25, 0.3) is 0 Å². The summed E-state index contributed by atoms with van der Waals surface area (Å²) in [5, 5.41) is 13.3. The lowest BCUT2D eigenvalue weighted by Gasteiger charge is -2.21. The zero-order valence-electron chi connectivity index (χ0n) is 9.45. The maximum atomic E-state index is 8.81. The maximum Gasteiger partial charge on any atom is 0.185 e. The molecule has 1 N–H and O–H groups in total. The van der Waals surface area contributed by atoms with Gasteiger partial charge in [-0.15, -0.1) is 0 Å². The second kappa shape index (κ2) is 4.47. The van der Waals surface area contributed by atoms with Crippen LogP contribution in [-0.2, 0) is 0 Å². The van der Waals surface area contributed by atoms with E-state index in [1.165, 1.54) is 37.0 Å². The Morgan fingerprint density at radius 1 is 1.47 bits per heavy atom. The van der Waals surface area contributed by atoms with Crippen molar-refractivity contribution in [1.82, 2.24) is 4.98 Å². The predicted molar refractivity (Wildman–Crippen MR) is 69.3 cm³/mol. The van der Waals surface area contributed by atoms with Gasteiger partial charge in [-0.05, 0) is 37.0 Å². The van der Waals surface area contributed by atoms with Crippen molar-refractivity contribution in [2.45, 2.75) is 25.7 Å². The Kier molecular flexibility index (Phi) is 2.97. The number of rotatable bonds is 3. The third kappa shape index (κ3) is 2.14. The number of hydrogen-bond acceptors (Lipinski definition) is 4. The fourth-order valence-corrected chi connectivity index (χ4v) is 4.24. The molecule has 3 nitrogen and oxygen atoms in total. The molecule has 0 aliphatic heterocycles. The van der Waals surface area contributed by atoms with Gasteiger partial charge in [0.25, 0.3) is 0 Å². The van der Waals surface area contributed by atoms with Crippen molar-refractivity contribution in [2.24, 2.45) is 17.8 Å². The second-order valence-electron chi connectivity index (χ2n) is 5.07. The predicted octanol–water partition coefficient (Wildman–Crippen LogP) is 3.52. The standard InChI is InChI=1S/C12H14ClN3S/c13-11-10(5-14)17-12(16-11)15-6-9-4-7-1-2-8(9)3-7/h7-9H,1-4,6H2,(H,15,16). The fraction of sp³-hybridized carbons (Fsp3) is 0.667. The third-order valence-corrected chi connectivity index (χ3v) is 5.39. The van der Waals surface area contributed by atoms with E-state index >= 15 is 0 Å². The zero-order valence-corrected chi connectivity index (χ0v) is 11.0. The Morgan fingerprint density at radius 2 is 2.35 bits per heavy atom. The Hall–Kier alpha value is -0.790. The molecule has 0 saturated heterocycles. The molecular weight excluding hydrogens is 254 g/mol. The lowest BCUT2D eigenvalue weighted by Crippen LogP contribution is -2.19. The minimum atomic E-state index is 0.327. The first-order valence-corrected chi connectivity index (χ1v) is 7.26. The molecule has 2 aliphatic carbocycles. The first kappa shape index (κ1) is 11.3. The summed E-state index contributed by atoms with van der Waals surface area (Å²) in [5.41, 5.74) is 0. The number of thiazole rings is 1. The minimum Gasteiger partial charge on any atom is -0.361 e. The Balaban J connectivity index is 1.59. The molecular formula is C12H14ClN3S. The molecule has 1 aromatic rings. The lowest BCUT2D eigenvalue weighted by atomic mass is 9.89. The van der Waals surface area contributed by atoms with Gasteiger partial charge in [0.1, 0.15) is 10.9 Å². The molecule has 0 amide bonds. The van der Waals surface area contributed by atoms with Crippen molar-refractivity contribution in [2.75, 3.05) is 11.9 Å². The molecule has 17 heavy (non-hydrogen) atoms. The molecule has 90 valence electrons. The maximum absolute atomic E-state index is 8.81. The van der Waals surface area contributed by atoms with Crippen LogP contribution >= 0.6 is 22.9 Å². The summed E-state index contributed by atoms with van der Waals surface area (Å²) in [5.74, 6) is 2.68. The monoisotopic (exact) mass is 267 g/mol. The van der Waals surface area contributed by atoms with Gasteiger partial charge in [-0.1, -0.05) is 29.4 Å². The van der Waals surface area contributed by atoms with Crippen LogP contribution < -0.4 is 5.32 Å². The number of fused-ring (bicyclic) bond motifs is 2. The van der Waals surface area contributed by atoms with Gasteiger partial charge in [-0.2, -0.15) is 5.26 Å². The average molecular weight is 268 g/mol. The molecule has 1 heterocycles. The van der Waals surface area contributed by atoms with Crippen LogP contribution in [0.4, 0.5) is 5.13 Å². The number of aromatic nitrogens is 1. The van der Waals surface area contributed by atoms with Crippen molar-refractivity contribution in [1.29, 1.82) is 5.26 Å². The molecule has 3 unspecified atom stereocenters. The van der Waals surface area contributed by atoms with Crippen molar-refractivity contribution in [3.63, 3.8) is 0 Å². The summed E-state index contributed by atoms with van der Waals surface area (Å²) in [4.78, 5) is 4.66. The van der Waals surface area contributed by atoms with Crippen molar-refractivity contribution < 1.29 is 0 Å². The lowest BCUT2D eigenvalue weighted by molar-refractivity contribution is 0.348. The normalized spacial score (nSPS) is 30.5. The van der Waals surface area contributed by atoms with Crippen LogP contribution in [0.3, 0.4) is 0 Å². The Bertz CT molecular complexity index is 465. The van der Waals surface area contributed by atoms with Gasteiger partial charge in [0, 0.05) is 6.54 Å². The van der Waals surface area contributed by atoms with E-state index in [2.05, 4.69) is 16.4 Å². The van der Waals surface area contributed by atoms with Crippen LogP contribution in [0.5, 0.6) is 0 Å². The molecule has 3 atom stereocenters. The molecule has 2 bridgehead atoms. The van der Waals surface area contributed by atoms with Crippen LogP contribution in [0.15, 0.2) is 0 Å². The highest BCUT2D eigenvalue weighted by Gasteiger charge is 2.39. The van der Waals surface area contributed by atoms with E-state index in [4.69, 9.17) is 16.9 Å². The molecule has 0 spiro atoms. The molecule has 0 radical (unpaired) electrons. The quantitative estimate of drug-likeness (QED) is 0.912. The molecule has 1 aromatic heterocycles. The van der Waals surface area contributed by atoms with Gasteiger partial charge in [0.2, 0.25) is 0 Å². The van der Waals surface area contributed by atoms with E-state index in [9.17, 15) is 0 Å². The van der Waals surface area contributed by atoms with Gasteiger partial charge in [-0.25, -0.2) is 4.98 Å². The molecule has 5 heteroatoms. The summed E-state index contributed by atoms with van der Waals surface area (Å²) >= 11 is 7.19. The van der Waals surface area contributed by atoms with Crippen LogP contribution in [0.2, 0.25) is 5.15 Å². The second-order valence-corrected chi connectivity index (χ2v) is 6.42. The Labute approximate surface area is 110 Å². The third-order valence-electron chi connectivity index (χ3n) is 4.09. The van der Waals surface area contributed by atoms with Crippen LogP contribution in [0.1, 0.15) is 30.6 Å². The van der Waals surface area contributed by atoms with Gasteiger partial charge in [0.15, 0.2) is 10.3 Å². The largest absolute Gasteiger partial charge is 0.361 e. The van der Waals surface area contributed by atoms with Crippen molar-refractivity contribution in [3.05, 3.63) is 10.0 Å². The van der Waals surface area contributed by atoms with Gasteiger partial charge < -0.3 is 5.32 Å². The highest BCUT2D eigenvalue weighted by Crippen LogP contribution is 2.48. The summed E-state index contributed by atoms with van der Waals surface area (Å²) in [6.45, 7) is 0.982. The number of hydrogen-bond donors (Lipinski definition) is 1. The number of anilines is 1. The van der Waals surface area contributed by atoms with E-state index < -0.39 is 0 Å². The molecule has 2 aliphatic rings. The van der Waals surface area contributed by atoms with E-state index in [-0.39, 0.29) is 0 Å². The molecule has 3 rings (SSSR count). The van der Waals surface area contributed by atoms with Gasteiger partial charge >= 0.3 is 0 Å². The molecule has 0 aromatic carbocycles. The van der Waals surface area contributed by atoms with Gasteiger partial charge in [0.05, 0.1) is 0 Å². The van der Waals surface area contributed by atoms with Crippen molar-refractivity contribution in [3.8, 4) is 6.07 Å². The van der Waals surface area contributed by atoms with Crippen molar-refractivity contribution >= 4 is 28.1 Å². The van der Waals surface area contributed by atoms with E-state index in [0.717, 1.165) is 29.4 Å². The molecule has 2 saturated carbocycles. The number of nitrogens with zero attached hydrogens (tertiary/aromatic N) is 2. The highest BCUT2D eigenvalue weighted by molar-refractivity contribution is 7.16.